The van der Waals surface area contributed by atoms with Crippen molar-refractivity contribution < 1.29 is 8.78 Å². The first-order chi connectivity index (χ1) is 6.43. The Bertz CT molecular complexity index is 344. The van der Waals surface area contributed by atoms with E-state index in [1.807, 2.05) is 0 Å². The zero-order valence-electron chi connectivity index (χ0n) is 6.78. The van der Waals surface area contributed by atoms with Gasteiger partial charge in [0.05, 0.1) is 16.1 Å². The maximum Gasteiger partial charge on any atom is 0.257 e. The van der Waals surface area contributed by atoms with Crippen LogP contribution in [0.4, 0.5) is 8.78 Å². The molecule has 1 aromatic rings. The van der Waals surface area contributed by atoms with Crippen molar-refractivity contribution in [2.45, 2.75) is 12.5 Å². The Morgan fingerprint density at radius 2 is 1.71 bits per heavy atom. The smallest absolute Gasteiger partial charge is 0.257 e. The van der Waals surface area contributed by atoms with Crippen molar-refractivity contribution >= 4 is 34.8 Å². The molecule has 78 valence electrons. The molecule has 0 aliphatic carbocycles. The Morgan fingerprint density at radius 3 is 2.21 bits per heavy atom. The zero-order valence-corrected chi connectivity index (χ0v) is 9.04. The molecule has 0 aromatic heterocycles. The molecular formula is C8H6Cl3F2N. The van der Waals surface area contributed by atoms with Crippen LogP contribution in [0.3, 0.4) is 0 Å². The van der Waals surface area contributed by atoms with Gasteiger partial charge in [-0.2, -0.15) is 0 Å². The second kappa shape index (κ2) is 4.62. The fraction of sp³-hybridized carbons (Fsp3) is 0.250. The van der Waals surface area contributed by atoms with Crippen molar-refractivity contribution in [3.8, 4) is 0 Å². The summed E-state index contributed by atoms with van der Waals surface area (Å²) < 4.78 is 24.6. The van der Waals surface area contributed by atoms with Crippen LogP contribution < -0.4 is 5.73 Å². The third kappa shape index (κ3) is 2.48. The molecule has 1 nitrogen and oxygen atoms in total. The average Bonchev–Trinajstić information content (AvgIpc) is 2.09. The molecule has 6 heteroatoms. The highest BCUT2D eigenvalue weighted by molar-refractivity contribution is 6.43. The lowest BCUT2D eigenvalue weighted by Crippen LogP contribution is -2.19. The molecule has 0 bridgehead atoms. The highest BCUT2D eigenvalue weighted by Gasteiger charge is 2.21. The van der Waals surface area contributed by atoms with Gasteiger partial charge in [-0.25, -0.2) is 8.78 Å². The van der Waals surface area contributed by atoms with Gasteiger partial charge in [0.2, 0.25) is 0 Å². The number of nitrogens with two attached hydrogens (primary N) is 1. The summed E-state index contributed by atoms with van der Waals surface area (Å²) in [5.74, 6) is 0. The molecule has 0 saturated heterocycles. The highest BCUT2D eigenvalue weighted by Crippen LogP contribution is 2.34. The van der Waals surface area contributed by atoms with Crippen LogP contribution in [-0.4, -0.2) is 6.43 Å². The van der Waals surface area contributed by atoms with Crippen molar-refractivity contribution in [3.63, 3.8) is 0 Å². The number of halogens is 5. The molecule has 14 heavy (non-hydrogen) atoms. The number of rotatable bonds is 2. The van der Waals surface area contributed by atoms with E-state index in [9.17, 15) is 8.78 Å². The molecule has 0 aliphatic rings. The lowest BCUT2D eigenvalue weighted by Gasteiger charge is -2.13. The van der Waals surface area contributed by atoms with E-state index < -0.39 is 12.5 Å². The van der Waals surface area contributed by atoms with E-state index in [0.29, 0.717) is 0 Å². The van der Waals surface area contributed by atoms with E-state index in [0.717, 1.165) is 0 Å². The van der Waals surface area contributed by atoms with E-state index >= 15 is 0 Å². The maximum atomic E-state index is 12.3. The lowest BCUT2D eigenvalue weighted by atomic mass is 10.1. The predicted octanol–water partition coefficient (Wildman–Crippen LogP) is 3.91. The van der Waals surface area contributed by atoms with Crippen LogP contribution in [0.5, 0.6) is 0 Å². The summed E-state index contributed by atoms with van der Waals surface area (Å²) in [6.07, 6.45) is -2.71. The molecule has 0 heterocycles. The minimum atomic E-state index is -2.71. The first-order valence-corrected chi connectivity index (χ1v) is 4.75. The SMILES string of the molecule is N[C@@H](c1cc(Cl)cc(Cl)c1Cl)C(F)F. The Balaban J connectivity index is 3.20. The third-order valence-electron chi connectivity index (χ3n) is 1.65. The molecule has 0 fully saturated rings. The Hall–Kier alpha value is -0.0900. The van der Waals surface area contributed by atoms with Crippen LogP contribution in [0.1, 0.15) is 11.6 Å². The normalized spacial score (nSPS) is 13.4. The Kier molecular flexibility index (Phi) is 3.95. The summed E-state index contributed by atoms with van der Waals surface area (Å²) in [7, 11) is 0. The van der Waals surface area contributed by atoms with Gasteiger partial charge in [0, 0.05) is 5.02 Å². The highest BCUT2D eigenvalue weighted by atomic mass is 35.5. The van der Waals surface area contributed by atoms with Gasteiger partial charge in [0.25, 0.3) is 6.43 Å². The predicted molar refractivity (Wildman–Crippen MR) is 54.4 cm³/mol. The molecule has 0 amide bonds. The standard InChI is InChI=1S/C8H6Cl3F2N/c9-3-1-4(7(14)8(12)13)6(11)5(10)2-3/h1-2,7-8H,14H2/t7-/m0/s1. The third-order valence-corrected chi connectivity index (χ3v) is 2.69. The molecule has 1 aromatic carbocycles. The van der Waals surface area contributed by atoms with Crippen LogP contribution in [0.25, 0.3) is 0 Å². The zero-order chi connectivity index (χ0) is 10.9. The van der Waals surface area contributed by atoms with Gasteiger partial charge in [0.15, 0.2) is 0 Å². The average molecular weight is 260 g/mol. The van der Waals surface area contributed by atoms with E-state index in [1.54, 1.807) is 0 Å². The van der Waals surface area contributed by atoms with E-state index in [4.69, 9.17) is 40.5 Å². The largest absolute Gasteiger partial charge is 0.319 e. The van der Waals surface area contributed by atoms with Crippen molar-refractivity contribution in [1.82, 2.24) is 0 Å². The van der Waals surface area contributed by atoms with Gasteiger partial charge in [-0.15, -0.1) is 0 Å². The van der Waals surface area contributed by atoms with Crippen LogP contribution in [-0.2, 0) is 0 Å². The van der Waals surface area contributed by atoms with Gasteiger partial charge >= 0.3 is 0 Å². The second-order valence-corrected chi connectivity index (χ2v) is 3.87. The minimum Gasteiger partial charge on any atom is -0.319 e. The second-order valence-electron chi connectivity index (χ2n) is 2.65. The first-order valence-electron chi connectivity index (χ1n) is 3.61. The van der Waals surface area contributed by atoms with Crippen LogP contribution >= 0.6 is 34.8 Å². The molecule has 0 spiro atoms. The summed E-state index contributed by atoms with van der Waals surface area (Å²) >= 11 is 17.0. The number of alkyl halides is 2. The van der Waals surface area contributed by atoms with Crippen LogP contribution in [0.2, 0.25) is 15.1 Å². The molecular weight excluding hydrogens is 254 g/mol. The van der Waals surface area contributed by atoms with Gasteiger partial charge in [-0.1, -0.05) is 34.8 Å². The molecule has 2 N–H and O–H groups in total. The minimum absolute atomic E-state index is 0.0175. The van der Waals surface area contributed by atoms with Gasteiger partial charge in [-0.3, -0.25) is 0 Å². The summed E-state index contributed by atoms with van der Waals surface area (Å²) in [5.41, 5.74) is 5.28. The fourth-order valence-electron chi connectivity index (χ4n) is 0.954. The van der Waals surface area contributed by atoms with Crippen molar-refractivity contribution in [3.05, 3.63) is 32.8 Å². The van der Waals surface area contributed by atoms with Crippen LogP contribution in [0.15, 0.2) is 12.1 Å². The summed E-state index contributed by atoms with van der Waals surface area (Å²) in [4.78, 5) is 0. The fourth-order valence-corrected chi connectivity index (χ4v) is 1.70. The molecule has 1 rings (SSSR count). The molecule has 0 unspecified atom stereocenters. The van der Waals surface area contributed by atoms with Crippen LogP contribution in [0, 0.1) is 0 Å². The van der Waals surface area contributed by atoms with E-state index in [1.165, 1.54) is 12.1 Å². The quantitative estimate of drug-likeness (QED) is 0.802. The Labute approximate surface area is 94.7 Å². The summed E-state index contributed by atoms with van der Waals surface area (Å²) in [6.45, 7) is 0. The molecule has 0 radical (unpaired) electrons. The van der Waals surface area contributed by atoms with Gasteiger partial charge in [0.1, 0.15) is 0 Å². The summed E-state index contributed by atoms with van der Waals surface area (Å²) in [5, 5.41) is 0.361. The number of benzene rings is 1. The van der Waals surface area contributed by atoms with Crippen molar-refractivity contribution in [1.29, 1.82) is 0 Å². The van der Waals surface area contributed by atoms with Crippen molar-refractivity contribution in [2.75, 3.05) is 0 Å². The van der Waals surface area contributed by atoms with E-state index in [-0.39, 0.29) is 20.6 Å². The number of hydrogen-bond acceptors (Lipinski definition) is 1. The maximum absolute atomic E-state index is 12.3. The molecule has 1 atom stereocenters. The number of hydrogen-bond donors (Lipinski definition) is 1. The van der Waals surface area contributed by atoms with Crippen molar-refractivity contribution in [2.24, 2.45) is 5.73 Å². The monoisotopic (exact) mass is 259 g/mol. The van der Waals surface area contributed by atoms with E-state index in [2.05, 4.69) is 0 Å². The lowest BCUT2D eigenvalue weighted by molar-refractivity contribution is 0.116. The van der Waals surface area contributed by atoms with Gasteiger partial charge in [-0.05, 0) is 17.7 Å². The molecule has 0 saturated carbocycles. The van der Waals surface area contributed by atoms with Gasteiger partial charge < -0.3 is 5.73 Å². The Morgan fingerprint density at radius 1 is 1.14 bits per heavy atom. The topological polar surface area (TPSA) is 26.0 Å². The summed E-state index contributed by atoms with van der Waals surface area (Å²) in [6, 6.07) is 1.18. The molecule has 0 aliphatic heterocycles. The first kappa shape index (κ1) is 12.0.